The van der Waals surface area contributed by atoms with Gasteiger partial charge in [-0.2, -0.15) is 0 Å². The summed E-state index contributed by atoms with van der Waals surface area (Å²) in [4.78, 5) is 13.7. The van der Waals surface area contributed by atoms with Gasteiger partial charge in [0.2, 0.25) is 5.56 Å². The highest BCUT2D eigenvalue weighted by atomic mass is 35.5. The van der Waals surface area contributed by atoms with Crippen LogP contribution in [0.25, 0.3) is 10.9 Å². The zero-order chi connectivity index (χ0) is 9.42. The summed E-state index contributed by atoms with van der Waals surface area (Å²) in [7, 11) is 0. The number of pyridine rings is 1. The summed E-state index contributed by atoms with van der Waals surface area (Å²) in [6.07, 6.45) is 0. The highest BCUT2D eigenvalue weighted by Gasteiger charge is 2.00. The molecule has 0 spiro atoms. The van der Waals surface area contributed by atoms with Crippen molar-refractivity contribution in [3.8, 4) is 0 Å². The van der Waals surface area contributed by atoms with E-state index in [1.807, 2.05) is 0 Å². The van der Waals surface area contributed by atoms with Gasteiger partial charge in [-0.15, -0.1) is 0 Å². The lowest BCUT2D eigenvalue weighted by atomic mass is 10.2. The molecule has 1 aromatic heterocycles. The van der Waals surface area contributed by atoms with Crippen molar-refractivity contribution in [2.45, 2.75) is 0 Å². The van der Waals surface area contributed by atoms with Gasteiger partial charge in [-0.1, -0.05) is 23.2 Å². The van der Waals surface area contributed by atoms with E-state index in [1.165, 1.54) is 6.07 Å². The van der Waals surface area contributed by atoms with Gasteiger partial charge in [0.25, 0.3) is 0 Å². The summed E-state index contributed by atoms with van der Waals surface area (Å²) in [5.74, 6) is 0. The summed E-state index contributed by atoms with van der Waals surface area (Å²) < 4.78 is 0. The van der Waals surface area contributed by atoms with E-state index in [4.69, 9.17) is 23.2 Å². The van der Waals surface area contributed by atoms with Gasteiger partial charge in [-0.3, -0.25) is 4.79 Å². The molecule has 0 atom stereocenters. The average molecular weight is 214 g/mol. The van der Waals surface area contributed by atoms with Crippen LogP contribution in [-0.4, -0.2) is 4.98 Å². The second-order valence-electron chi connectivity index (χ2n) is 2.67. The molecule has 0 bridgehead atoms. The van der Waals surface area contributed by atoms with Crippen molar-refractivity contribution in [1.82, 2.24) is 4.98 Å². The number of nitrogens with one attached hydrogen (secondary N) is 1. The second-order valence-corrected chi connectivity index (χ2v) is 3.52. The molecule has 1 heterocycles. The van der Waals surface area contributed by atoms with Crippen LogP contribution in [0.2, 0.25) is 10.0 Å². The van der Waals surface area contributed by atoms with Crippen molar-refractivity contribution >= 4 is 34.1 Å². The predicted octanol–water partition coefficient (Wildman–Crippen LogP) is 2.83. The van der Waals surface area contributed by atoms with Crippen molar-refractivity contribution in [1.29, 1.82) is 0 Å². The zero-order valence-electron chi connectivity index (χ0n) is 6.47. The van der Waals surface area contributed by atoms with Gasteiger partial charge in [-0.25, -0.2) is 0 Å². The van der Waals surface area contributed by atoms with Gasteiger partial charge in [-0.05, 0) is 18.2 Å². The lowest BCUT2D eigenvalue weighted by Gasteiger charge is -1.99. The molecule has 0 amide bonds. The van der Waals surface area contributed by atoms with Crippen LogP contribution in [0.5, 0.6) is 0 Å². The van der Waals surface area contributed by atoms with Crippen LogP contribution in [-0.2, 0) is 0 Å². The standard InChI is InChI=1S/C9H5Cl2NO/c10-5-1-2-8-6(3-5)7(11)4-9(13)12-8/h1-4H,(H,12,13). The van der Waals surface area contributed by atoms with Crippen molar-refractivity contribution in [2.24, 2.45) is 0 Å². The Hall–Kier alpha value is -0.990. The molecule has 2 nitrogen and oxygen atoms in total. The molecule has 0 saturated carbocycles. The zero-order valence-corrected chi connectivity index (χ0v) is 7.99. The van der Waals surface area contributed by atoms with Crippen LogP contribution >= 0.6 is 23.2 Å². The lowest BCUT2D eigenvalue weighted by molar-refractivity contribution is 1.31. The van der Waals surface area contributed by atoms with Crippen LogP contribution in [0.15, 0.2) is 29.1 Å². The molecule has 0 radical (unpaired) electrons. The summed E-state index contributed by atoms with van der Waals surface area (Å²) in [5, 5.41) is 1.77. The molecule has 0 unspecified atom stereocenters. The van der Waals surface area contributed by atoms with Crippen LogP contribution in [0.4, 0.5) is 0 Å². The molecule has 0 aliphatic heterocycles. The Balaban J connectivity index is 2.95. The van der Waals surface area contributed by atoms with Gasteiger partial charge < -0.3 is 4.98 Å². The van der Waals surface area contributed by atoms with E-state index in [0.717, 1.165) is 5.39 Å². The second kappa shape index (κ2) is 3.05. The van der Waals surface area contributed by atoms with E-state index in [1.54, 1.807) is 18.2 Å². The maximum absolute atomic E-state index is 11.0. The first-order valence-corrected chi connectivity index (χ1v) is 4.40. The Bertz CT molecular complexity index is 518. The summed E-state index contributed by atoms with van der Waals surface area (Å²) >= 11 is 11.6. The quantitative estimate of drug-likeness (QED) is 0.718. The summed E-state index contributed by atoms with van der Waals surface area (Å²) in [5.41, 5.74) is 0.488. The van der Waals surface area contributed by atoms with E-state index in [2.05, 4.69) is 4.98 Å². The Labute approximate surface area is 84.1 Å². The Morgan fingerprint density at radius 2 is 1.92 bits per heavy atom. The molecule has 1 N–H and O–H groups in total. The number of benzene rings is 1. The fourth-order valence-corrected chi connectivity index (χ4v) is 1.61. The van der Waals surface area contributed by atoms with Gasteiger partial charge in [0, 0.05) is 22.0 Å². The monoisotopic (exact) mass is 213 g/mol. The van der Waals surface area contributed by atoms with Crippen LogP contribution in [0.3, 0.4) is 0 Å². The normalized spacial score (nSPS) is 10.6. The van der Waals surface area contributed by atoms with Gasteiger partial charge >= 0.3 is 0 Å². The Morgan fingerprint density at radius 3 is 2.69 bits per heavy atom. The van der Waals surface area contributed by atoms with Crippen LogP contribution < -0.4 is 5.56 Å². The van der Waals surface area contributed by atoms with Gasteiger partial charge in [0.1, 0.15) is 0 Å². The minimum atomic E-state index is -0.208. The average Bonchev–Trinajstić information content (AvgIpc) is 2.06. The topological polar surface area (TPSA) is 32.9 Å². The Kier molecular flexibility index (Phi) is 2.02. The number of H-pyrrole nitrogens is 1. The highest BCUT2D eigenvalue weighted by Crippen LogP contribution is 2.22. The van der Waals surface area contributed by atoms with E-state index >= 15 is 0 Å². The largest absolute Gasteiger partial charge is 0.322 e. The minimum absolute atomic E-state index is 0.208. The molecule has 2 rings (SSSR count). The predicted molar refractivity (Wildman–Crippen MR) is 54.6 cm³/mol. The number of hydrogen-bond acceptors (Lipinski definition) is 1. The third kappa shape index (κ3) is 1.55. The van der Waals surface area contributed by atoms with E-state index in [0.29, 0.717) is 15.6 Å². The molecule has 4 heteroatoms. The Morgan fingerprint density at radius 1 is 1.15 bits per heavy atom. The molecular weight excluding hydrogens is 209 g/mol. The fraction of sp³-hybridized carbons (Fsp3) is 0. The summed E-state index contributed by atoms with van der Waals surface area (Å²) in [6.45, 7) is 0. The van der Waals surface area contributed by atoms with Crippen molar-refractivity contribution < 1.29 is 0 Å². The van der Waals surface area contributed by atoms with Crippen molar-refractivity contribution in [2.75, 3.05) is 0 Å². The van der Waals surface area contributed by atoms with E-state index < -0.39 is 0 Å². The molecule has 13 heavy (non-hydrogen) atoms. The third-order valence-corrected chi connectivity index (χ3v) is 2.30. The minimum Gasteiger partial charge on any atom is -0.322 e. The van der Waals surface area contributed by atoms with E-state index in [-0.39, 0.29) is 5.56 Å². The number of aromatic nitrogens is 1. The molecule has 2 aromatic rings. The van der Waals surface area contributed by atoms with Crippen LogP contribution in [0.1, 0.15) is 0 Å². The van der Waals surface area contributed by atoms with Gasteiger partial charge in [0.15, 0.2) is 0 Å². The molecule has 0 aliphatic carbocycles. The number of fused-ring (bicyclic) bond motifs is 1. The first-order valence-electron chi connectivity index (χ1n) is 3.65. The van der Waals surface area contributed by atoms with Crippen LogP contribution in [0, 0.1) is 0 Å². The molecule has 0 fully saturated rings. The first-order chi connectivity index (χ1) is 6.16. The maximum Gasteiger partial charge on any atom is 0.249 e. The number of rotatable bonds is 0. The SMILES string of the molecule is O=c1cc(Cl)c2cc(Cl)ccc2[nH]1. The van der Waals surface area contributed by atoms with Gasteiger partial charge in [0.05, 0.1) is 5.02 Å². The number of halogens is 2. The number of hydrogen-bond donors (Lipinski definition) is 1. The molecular formula is C9H5Cl2NO. The van der Waals surface area contributed by atoms with Crippen molar-refractivity contribution in [3.63, 3.8) is 0 Å². The molecule has 0 aliphatic rings. The smallest absolute Gasteiger partial charge is 0.249 e. The molecule has 1 aromatic carbocycles. The molecule has 66 valence electrons. The van der Waals surface area contributed by atoms with Crippen molar-refractivity contribution in [3.05, 3.63) is 44.7 Å². The highest BCUT2D eigenvalue weighted by molar-refractivity contribution is 6.36. The summed E-state index contributed by atoms with van der Waals surface area (Å²) in [6, 6.07) is 6.48. The first kappa shape index (κ1) is 8.60. The third-order valence-electron chi connectivity index (χ3n) is 1.75. The lowest BCUT2D eigenvalue weighted by Crippen LogP contribution is -2.03. The maximum atomic E-state index is 11.0. The van der Waals surface area contributed by atoms with E-state index in [9.17, 15) is 4.79 Å². The molecule has 0 saturated heterocycles. The number of aromatic amines is 1. The fourth-order valence-electron chi connectivity index (χ4n) is 1.18.